The van der Waals surface area contributed by atoms with Crippen LogP contribution in [0.4, 0.5) is 11.4 Å². The van der Waals surface area contributed by atoms with E-state index < -0.39 is 0 Å². The van der Waals surface area contributed by atoms with Crippen LogP contribution in [0.3, 0.4) is 0 Å². The van der Waals surface area contributed by atoms with Gasteiger partial charge < -0.3 is 20.2 Å². The number of nitrogens with zero attached hydrogens (tertiary/aromatic N) is 2. The normalized spacial score (nSPS) is 15.3. The number of rotatable bonds is 4. The molecule has 0 fully saturated rings. The van der Waals surface area contributed by atoms with Gasteiger partial charge in [0.2, 0.25) is 0 Å². The molecule has 0 saturated carbocycles. The molecule has 134 valence electrons. The summed E-state index contributed by atoms with van der Waals surface area (Å²) in [7, 11) is 0. The van der Waals surface area contributed by atoms with E-state index in [9.17, 15) is 0 Å². The summed E-state index contributed by atoms with van der Waals surface area (Å²) < 4.78 is 10.9. The average Bonchev–Trinajstić information content (AvgIpc) is 3.23. The summed E-state index contributed by atoms with van der Waals surface area (Å²) in [5.74, 6) is 1.09. The second-order valence-corrected chi connectivity index (χ2v) is 6.24. The summed E-state index contributed by atoms with van der Waals surface area (Å²) >= 11 is 0. The number of oxazole rings is 1. The number of nitrogens with two attached hydrogens (primary N) is 1. The fraction of sp³-hybridized carbons (Fsp3) is 0.150. The van der Waals surface area contributed by atoms with Crippen LogP contribution in [-0.2, 0) is 0 Å². The lowest BCUT2D eigenvalue weighted by molar-refractivity contribution is 0.274. The topological polar surface area (TPSA) is 121 Å². The first-order chi connectivity index (χ1) is 13.2. The van der Waals surface area contributed by atoms with E-state index in [2.05, 4.69) is 16.4 Å². The zero-order valence-corrected chi connectivity index (χ0v) is 14.4. The molecule has 2 aromatic carbocycles. The maximum Gasteiger partial charge on any atom is 0.181 e. The standard InChI is InChI=1S/C20H17N5O2/c21-9-12-1-3-14-17(5-6-26-18(14)7-12)25-13-2-4-16(22)15(8-13)20(23)19-10-24-11-27-19/h1-4,7-8,10-11,17,23,25H,5-6,22H2. The fourth-order valence-corrected chi connectivity index (χ4v) is 3.14. The molecule has 0 spiro atoms. The molecule has 0 radical (unpaired) electrons. The highest BCUT2D eigenvalue weighted by Crippen LogP contribution is 2.35. The molecule has 0 saturated heterocycles. The van der Waals surface area contributed by atoms with Gasteiger partial charge in [0.1, 0.15) is 11.5 Å². The number of ether oxygens (including phenoxy) is 1. The number of hydrogen-bond donors (Lipinski definition) is 3. The molecular formula is C20H17N5O2. The van der Waals surface area contributed by atoms with E-state index in [1.54, 1.807) is 18.2 Å². The van der Waals surface area contributed by atoms with Gasteiger partial charge in [-0.2, -0.15) is 5.26 Å². The Balaban J connectivity index is 1.62. The summed E-state index contributed by atoms with van der Waals surface area (Å²) in [5, 5.41) is 20.9. The lowest BCUT2D eigenvalue weighted by Gasteiger charge is -2.28. The first-order valence-electron chi connectivity index (χ1n) is 8.46. The molecule has 7 heteroatoms. The van der Waals surface area contributed by atoms with Gasteiger partial charge in [0.05, 0.1) is 30.5 Å². The fourth-order valence-electron chi connectivity index (χ4n) is 3.14. The predicted octanol–water partition coefficient (Wildman–Crippen LogP) is 3.48. The Morgan fingerprint density at radius 1 is 1.30 bits per heavy atom. The van der Waals surface area contributed by atoms with E-state index in [0.717, 1.165) is 23.4 Å². The molecule has 1 atom stereocenters. The smallest absolute Gasteiger partial charge is 0.181 e. The molecule has 4 rings (SSSR count). The van der Waals surface area contributed by atoms with E-state index >= 15 is 0 Å². The van der Waals surface area contributed by atoms with Crippen molar-refractivity contribution in [3.8, 4) is 11.8 Å². The van der Waals surface area contributed by atoms with Gasteiger partial charge in [-0.05, 0) is 30.3 Å². The molecule has 1 aliphatic rings. The summed E-state index contributed by atoms with van der Waals surface area (Å²) in [6.45, 7) is 0.565. The van der Waals surface area contributed by atoms with Crippen LogP contribution >= 0.6 is 0 Å². The maximum absolute atomic E-state index is 9.06. The molecule has 2 heterocycles. The van der Waals surface area contributed by atoms with E-state index in [1.807, 2.05) is 18.2 Å². The van der Waals surface area contributed by atoms with Crippen molar-refractivity contribution in [3.05, 3.63) is 71.4 Å². The minimum atomic E-state index is 0.0393. The molecule has 1 aromatic heterocycles. The first kappa shape index (κ1) is 16.7. The Hall–Kier alpha value is -3.79. The molecule has 1 unspecified atom stereocenters. The van der Waals surface area contributed by atoms with Crippen molar-refractivity contribution in [1.29, 1.82) is 10.7 Å². The summed E-state index contributed by atoms with van der Waals surface area (Å²) in [5.41, 5.74) is 9.72. The van der Waals surface area contributed by atoms with Gasteiger partial charge in [-0.3, -0.25) is 5.41 Å². The van der Waals surface area contributed by atoms with Crippen LogP contribution in [0, 0.1) is 16.7 Å². The van der Waals surface area contributed by atoms with Crippen molar-refractivity contribution >= 4 is 17.1 Å². The molecule has 0 bridgehead atoms. The van der Waals surface area contributed by atoms with Crippen molar-refractivity contribution in [2.75, 3.05) is 17.7 Å². The van der Waals surface area contributed by atoms with Gasteiger partial charge in [-0.1, -0.05) is 6.07 Å². The molecule has 0 aliphatic carbocycles. The number of anilines is 2. The minimum absolute atomic E-state index is 0.0393. The lowest BCUT2D eigenvalue weighted by Crippen LogP contribution is -2.20. The second kappa shape index (κ2) is 6.84. The van der Waals surface area contributed by atoms with Crippen LogP contribution in [0.25, 0.3) is 0 Å². The number of aromatic nitrogens is 1. The van der Waals surface area contributed by atoms with Crippen LogP contribution in [0.2, 0.25) is 0 Å². The number of nitrogen functional groups attached to an aromatic ring is 1. The number of nitriles is 1. The monoisotopic (exact) mass is 359 g/mol. The zero-order valence-electron chi connectivity index (χ0n) is 14.4. The zero-order chi connectivity index (χ0) is 18.8. The Labute approximate surface area is 155 Å². The van der Waals surface area contributed by atoms with Crippen molar-refractivity contribution in [2.45, 2.75) is 12.5 Å². The number of nitrogens with one attached hydrogen (secondary N) is 2. The highest BCUT2D eigenvalue weighted by molar-refractivity contribution is 6.12. The Bertz CT molecular complexity index is 1040. The molecular weight excluding hydrogens is 342 g/mol. The molecule has 3 aromatic rings. The summed E-state index contributed by atoms with van der Waals surface area (Å²) in [4.78, 5) is 3.85. The Morgan fingerprint density at radius 2 is 2.19 bits per heavy atom. The lowest BCUT2D eigenvalue weighted by atomic mass is 9.98. The third-order valence-electron chi connectivity index (χ3n) is 4.52. The predicted molar refractivity (Wildman–Crippen MR) is 101 cm³/mol. The quantitative estimate of drug-likeness (QED) is 0.484. The van der Waals surface area contributed by atoms with Gasteiger partial charge in [0, 0.05) is 28.9 Å². The molecule has 0 amide bonds. The summed E-state index contributed by atoms with van der Waals surface area (Å²) in [6.07, 6.45) is 3.57. The van der Waals surface area contributed by atoms with Crippen molar-refractivity contribution in [1.82, 2.24) is 4.98 Å². The number of hydrogen-bond acceptors (Lipinski definition) is 7. The second-order valence-electron chi connectivity index (χ2n) is 6.24. The van der Waals surface area contributed by atoms with Crippen LogP contribution in [0.15, 0.2) is 53.4 Å². The third-order valence-corrected chi connectivity index (χ3v) is 4.52. The minimum Gasteiger partial charge on any atom is -0.493 e. The van der Waals surface area contributed by atoms with Crippen LogP contribution in [-0.4, -0.2) is 17.3 Å². The van der Waals surface area contributed by atoms with Crippen molar-refractivity contribution in [3.63, 3.8) is 0 Å². The van der Waals surface area contributed by atoms with Crippen LogP contribution in [0.5, 0.6) is 5.75 Å². The summed E-state index contributed by atoms with van der Waals surface area (Å²) in [6, 6.07) is 13.1. The van der Waals surface area contributed by atoms with Gasteiger partial charge in [0.25, 0.3) is 0 Å². The van der Waals surface area contributed by atoms with Crippen molar-refractivity contribution in [2.24, 2.45) is 0 Å². The van der Waals surface area contributed by atoms with Gasteiger partial charge in [0.15, 0.2) is 12.2 Å². The Morgan fingerprint density at radius 3 is 2.96 bits per heavy atom. The van der Waals surface area contributed by atoms with Crippen LogP contribution < -0.4 is 15.8 Å². The van der Waals surface area contributed by atoms with E-state index in [0.29, 0.717) is 29.2 Å². The maximum atomic E-state index is 9.06. The third kappa shape index (κ3) is 3.20. The van der Waals surface area contributed by atoms with Crippen molar-refractivity contribution < 1.29 is 9.15 Å². The van der Waals surface area contributed by atoms with E-state index in [4.69, 9.17) is 25.6 Å². The highest BCUT2D eigenvalue weighted by atomic mass is 16.5. The highest BCUT2D eigenvalue weighted by Gasteiger charge is 2.22. The number of benzene rings is 2. The molecule has 27 heavy (non-hydrogen) atoms. The Kier molecular flexibility index (Phi) is 4.22. The number of fused-ring (bicyclic) bond motifs is 1. The van der Waals surface area contributed by atoms with Gasteiger partial charge >= 0.3 is 0 Å². The van der Waals surface area contributed by atoms with E-state index in [1.165, 1.54) is 12.6 Å². The SMILES string of the molecule is N#Cc1ccc2c(c1)OCCC2Nc1ccc(N)c(C(=N)c2cnco2)c1. The molecule has 7 nitrogen and oxygen atoms in total. The average molecular weight is 359 g/mol. The molecule has 1 aliphatic heterocycles. The first-order valence-corrected chi connectivity index (χ1v) is 8.46. The van der Waals surface area contributed by atoms with Gasteiger partial charge in [-0.25, -0.2) is 4.98 Å². The van der Waals surface area contributed by atoms with E-state index in [-0.39, 0.29) is 11.8 Å². The largest absolute Gasteiger partial charge is 0.493 e. The van der Waals surface area contributed by atoms with Crippen LogP contribution in [0.1, 0.15) is 34.9 Å². The molecule has 4 N–H and O–H groups in total. The van der Waals surface area contributed by atoms with Gasteiger partial charge in [-0.15, -0.1) is 0 Å².